The standard InChI is InChI=1S/C18H16N4O4S2/c1-22-14-7-4-10(16(23)26-2)8-13(14)19-17(22)21-18-20-12-6-5-11(28(3,24)25)9-15(12)27-18/h4-9H,1-3H3,(H,19,20,21). The van der Waals surface area contributed by atoms with Gasteiger partial charge in [-0.1, -0.05) is 11.3 Å². The lowest BCUT2D eigenvalue weighted by atomic mass is 10.2. The molecule has 2 heterocycles. The van der Waals surface area contributed by atoms with Gasteiger partial charge in [0.25, 0.3) is 0 Å². The number of ether oxygens (including phenoxy) is 1. The Kier molecular flexibility index (Phi) is 4.31. The van der Waals surface area contributed by atoms with Gasteiger partial charge < -0.3 is 14.6 Å². The van der Waals surface area contributed by atoms with E-state index in [1.807, 2.05) is 11.6 Å². The summed E-state index contributed by atoms with van der Waals surface area (Å²) in [5.74, 6) is 0.134. The summed E-state index contributed by atoms with van der Waals surface area (Å²) in [5, 5.41) is 3.76. The van der Waals surface area contributed by atoms with Crippen molar-refractivity contribution in [2.24, 2.45) is 7.05 Å². The van der Waals surface area contributed by atoms with Crippen molar-refractivity contribution in [1.82, 2.24) is 14.5 Å². The van der Waals surface area contributed by atoms with Crippen LogP contribution in [0.3, 0.4) is 0 Å². The topological polar surface area (TPSA) is 103 Å². The van der Waals surface area contributed by atoms with E-state index in [0.717, 1.165) is 10.2 Å². The first-order valence-corrected chi connectivity index (χ1v) is 10.9. The third-order valence-corrected chi connectivity index (χ3v) is 6.35. The lowest BCUT2D eigenvalue weighted by Gasteiger charge is -2.02. The van der Waals surface area contributed by atoms with Gasteiger partial charge in [0, 0.05) is 13.3 Å². The molecule has 4 aromatic rings. The Balaban J connectivity index is 1.71. The fourth-order valence-electron chi connectivity index (χ4n) is 2.84. The second-order valence-electron chi connectivity index (χ2n) is 6.24. The minimum atomic E-state index is -3.28. The number of carbonyl (C=O) groups excluding carboxylic acids is 1. The summed E-state index contributed by atoms with van der Waals surface area (Å²) in [4.78, 5) is 21.0. The maximum absolute atomic E-state index is 11.7. The fourth-order valence-corrected chi connectivity index (χ4v) is 4.46. The molecule has 10 heteroatoms. The highest BCUT2D eigenvalue weighted by atomic mass is 32.2. The van der Waals surface area contributed by atoms with E-state index in [1.54, 1.807) is 36.4 Å². The van der Waals surface area contributed by atoms with Crippen LogP contribution in [0.4, 0.5) is 11.1 Å². The number of rotatable bonds is 4. The van der Waals surface area contributed by atoms with Crippen molar-refractivity contribution in [2.45, 2.75) is 4.90 Å². The largest absolute Gasteiger partial charge is 0.465 e. The van der Waals surface area contributed by atoms with Gasteiger partial charge in [-0.05, 0) is 36.4 Å². The van der Waals surface area contributed by atoms with Crippen LogP contribution in [-0.2, 0) is 21.6 Å². The van der Waals surface area contributed by atoms with Crippen molar-refractivity contribution < 1.29 is 17.9 Å². The van der Waals surface area contributed by atoms with Gasteiger partial charge in [0.1, 0.15) is 0 Å². The fraction of sp³-hybridized carbons (Fsp3) is 0.167. The van der Waals surface area contributed by atoms with Gasteiger partial charge in [-0.3, -0.25) is 0 Å². The van der Waals surface area contributed by atoms with E-state index in [9.17, 15) is 13.2 Å². The molecule has 0 aliphatic heterocycles. The first-order chi connectivity index (χ1) is 13.3. The minimum Gasteiger partial charge on any atom is -0.465 e. The Morgan fingerprint density at radius 3 is 2.64 bits per heavy atom. The molecular formula is C18H16N4O4S2. The molecule has 0 unspecified atom stereocenters. The minimum absolute atomic E-state index is 0.258. The predicted molar refractivity (Wildman–Crippen MR) is 108 cm³/mol. The smallest absolute Gasteiger partial charge is 0.337 e. The number of methoxy groups -OCH3 is 1. The van der Waals surface area contributed by atoms with Gasteiger partial charge >= 0.3 is 5.97 Å². The predicted octanol–water partition coefficient (Wildman–Crippen LogP) is 3.12. The van der Waals surface area contributed by atoms with Crippen molar-refractivity contribution in [3.05, 3.63) is 42.0 Å². The van der Waals surface area contributed by atoms with E-state index >= 15 is 0 Å². The number of esters is 1. The molecule has 0 saturated heterocycles. The molecular weight excluding hydrogens is 400 g/mol. The quantitative estimate of drug-likeness (QED) is 0.510. The average Bonchev–Trinajstić information content (AvgIpc) is 3.20. The normalized spacial score (nSPS) is 11.8. The SMILES string of the molecule is COC(=O)c1ccc2c(c1)nc(Nc1nc3ccc(S(C)(=O)=O)cc3s1)n2C. The maximum Gasteiger partial charge on any atom is 0.337 e. The van der Waals surface area contributed by atoms with Crippen molar-refractivity contribution in [2.75, 3.05) is 18.7 Å². The Morgan fingerprint density at radius 2 is 1.93 bits per heavy atom. The number of nitrogens with one attached hydrogen (secondary N) is 1. The van der Waals surface area contributed by atoms with Crippen LogP contribution in [-0.4, -0.2) is 42.3 Å². The summed E-state index contributed by atoms with van der Waals surface area (Å²) in [5.41, 5.74) is 2.61. The summed E-state index contributed by atoms with van der Waals surface area (Å²) in [7, 11) is -0.0918. The van der Waals surface area contributed by atoms with E-state index < -0.39 is 15.8 Å². The summed E-state index contributed by atoms with van der Waals surface area (Å²) in [6, 6.07) is 10.0. The van der Waals surface area contributed by atoms with Crippen LogP contribution in [0.25, 0.3) is 21.3 Å². The van der Waals surface area contributed by atoms with Gasteiger partial charge in [-0.15, -0.1) is 0 Å². The number of sulfone groups is 1. The highest BCUT2D eigenvalue weighted by Crippen LogP contribution is 2.31. The molecule has 2 aromatic heterocycles. The third-order valence-electron chi connectivity index (χ3n) is 4.31. The number of thiazole rings is 1. The average molecular weight is 416 g/mol. The molecule has 0 bridgehead atoms. The molecule has 1 N–H and O–H groups in total. The zero-order chi connectivity index (χ0) is 20.1. The number of fused-ring (bicyclic) bond motifs is 2. The van der Waals surface area contributed by atoms with Crippen LogP contribution >= 0.6 is 11.3 Å². The zero-order valence-electron chi connectivity index (χ0n) is 15.3. The molecule has 0 radical (unpaired) electrons. The lowest BCUT2D eigenvalue weighted by molar-refractivity contribution is 0.0601. The van der Waals surface area contributed by atoms with Gasteiger partial charge in [-0.25, -0.2) is 23.2 Å². The molecule has 0 spiro atoms. The Bertz CT molecular complexity index is 1340. The van der Waals surface area contributed by atoms with E-state index in [-0.39, 0.29) is 4.90 Å². The van der Waals surface area contributed by atoms with E-state index in [2.05, 4.69) is 15.3 Å². The zero-order valence-corrected chi connectivity index (χ0v) is 16.9. The number of hydrogen-bond donors (Lipinski definition) is 1. The number of nitrogens with zero attached hydrogens (tertiary/aromatic N) is 3. The van der Waals surface area contributed by atoms with Crippen molar-refractivity contribution in [3.63, 3.8) is 0 Å². The first-order valence-electron chi connectivity index (χ1n) is 8.19. The number of hydrogen-bond acceptors (Lipinski definition) is 8. The van der Waals surface area contributed by atoms with Crippen LogP contribution in [0.2, 0.25) is 0 Å². The molecule has 0 aliphatic rings. The molecule has 8 nitrogen and oxygen atoms in total. The molecule has 0 saturated carbocycles. The van der Waals surface area contributed by atoms with Gasteiger partial charge in [-0.2, -0.15) is 0 Å². The molecule has 0 amide bonds. The molecule has 28 heavy (non-hydrogen) atoms. The Labute approximate surface area is 164 Å². The molecule has 0 aliphatic carbocycles. The highest BCUT2D eigenvalue weighted by molar-refractivity contribution is 7.90. The maximum atomic E-state index is 11.7. The van der Waals surface area contributed by atoms with Crippen LogP contribution in [0.15, 0.2) is 41.3 Å². The van der Waals surface area contributed by atoms with Gasteiger partial charge in [0.15, 0.2) is 15.0 Å². The molecule has 144 valence electrons. The third kappa shape index (κ3) is 3.20. The number of aromatic nitrogens is 3. The second kappa shape index (κ2) is 6.57. The Hall–Kier alpha value is -2.98. The molecule has 0 atom stereocenters. The van der Waals surface area contributed by atoms with Crippen molar-refractivity contribution in [3.8, 4) is 0 Å². The van der Waals surface area contributed by atoms with Crippen LogP contribution in [0, 0.1) is 0 Å². The van der Waals surface area contributed by atoms with Crippen molar-refractivity contribution >= 4 is 59.5 Å². The van der Waals surface area contributed by atoms with Gasteiger partial charge in [0.05, 0.1) is 38.8 Å². The second-order valence-corrected chi connectivity index (χ2v) is 9.28. The summed E-state index contributed by atoms with van der Waals surface area (Å²) < 4.78 is 30.8. The molecule has 2 aromatic carbocycles. The molecule has 4 rings (SSSR count). The van der Waals surface area contributed by atoms with Crippen LogP contribution < -0.4 is 5.32 Å². The van der Waals surface area contributed by atoms with Crippen LogP contribution in [0.5, 0.6) is 0 Å². The number of benzene rings is 2. The first kappa shape index (κ1) is 18.4. The highest BCUT2D eigenvalue weighted by Gasteiger charge is 2.15. The van der Waals surface area contributed by atoms with Crippen molar-refractivity contribution in [1.29, 1.82) is 0 Å². The number of carbonyl (C=O) groups is 1. The summed E-state index contributed by atoms with van der Waals surface area (Å²) in [6.07, 6.45) is 1.18. The monoisotopic (exact) mass is 416 g/mol. The summed E-state index contributed by atoms with van der Waals surface area (Å²) >= 11 is 1.34. The van der Waals surface area contributed by atoms with Gasteiger partial charge in [0.2, 0.25) is 5.95 Å². The lowest BCUT2D eigenvalue weighted by Crippen LogP contribution is -2.00. The Morgan fingerprint density at radius 1 is 1.14 bits per heavy atom. The van der Waals surface area contributed by atoms with E-state index in [1.165, 1.54) is 24.7 Å². The summed E-state index contributed by atoms with van der Waals surface area (Å²) in [6.45, 7) is 0. The number of aryl methyl sites for hydroxylation is 1. The number of imidazole rings is 1. The number of anilines is 2. The van der Waals surface area contributed by atoms with E-state index in [0.29, 0.717) is 27.7 Å². The van der Waals surface area contributed by atoms with Crippen LogP contribution in [0.1, 0.15) is 10.4 Å². The molecule has 0 fully saturated rings. The van der Waals surface area contributed by atoms with E-state index in [4.69, 9.17) is 4.74 Å².